The second-order valence-electron chi connectivity index (χ2n) is 3.93. The normalized spacial score (nSPS) is 10.4. The first-order chi connectivity index (χ1) is 8.77. The largest absolute Gasteiger partial charge is 0.477 e. The van der Waals surface area contributed by atoms with Crippen molar-refractivity contribution < 1.29 is 14.6 Å². The van der Waals surface area contributed by atoms with Crippen molar-refractivity contribution >= 4 is 5.97 Å². The molecule has 1 N–H and O–H groups in total. The van der Waals surface area contributed by atoms with Gasteiger partial charge in [0.1, 0.15) is 5.69 Å². The molecule has 0 fully saturated rings. The Labute approximate surface area is 105 Å². The average molecular weight is 245 g/mol. The Morgan fingerprint density at radius 3 is 2.67 bits per heavy atom. The molecule has 2 aromatic rings. The van der Waals surface area contributed by atoms with Gasteiger partial charge in [-0.3, -0.25) is 0 Å². The zero-order chi connectivity index (χ0) is 12.8. The molecule has 18 heavy (non-hydrogen) atoms. The van der Waals surface area contributed by atoms with Gasteiger partial charge in [-0.05, 0) is 17.7 Å². The van der Waals surface area contributed by atoms with Crippen molar-refractivity contribution in [2.75, 3.05) is 6.61 Å². The van der Waals surface area contributed by atoms with Crippen LogP contribution < -0.4 is 0 Å². The average Bonchev–Trinajstić information content (AvgIpc) is 2.84. The fourth-order valence-electron chi connectivity index (χ4n) is 1.73. The minimum Gasteiger partial charge on any atom is -0.477 e. The molecule has 0 aliphatic heterocycles. The summed E-state index contributed by atoms with van der Waals surface area (Å²) in [6.45, 7) is 1.58. The first kappa shape index (κ1) is 12.4. The highest BCUT2D eigenvalue weighted by Gasteiger charge is 2.07. The third kappa shape index (κ3) is 3.21. The number of hydrogen-bond acceptors (Lipinski definition) is 2. The van der Waals surface area contributed by atoms with Crippen LogP contribution in [0.3, 0.4) is 0 Å². The highest BCUT2D eigenvalue weighted by Crippen LogP contribution is 2.04. The number of nitrogens with zero attached hydrogens (tertiary/aromatic N) is 1. The van der Waals surface area contributed by atoms with E-state index in [-0.39, 0.29) is 0 Å². The Balaban J connectivity index is 1.79. The lowest BCUT2D eigenvalue weighted by Crippen LogP contribution is -2.11. The van der Waals surface area contributed by atoms with Crippen LogP contribution in [0.1, 0.15) is 16.1 Å². The summed E-state index contributed by atoms with van der Waals surface area (Å²) in [6.07, 6.45) is 1.75. The predicted octanol–water partition coefficient (Wildman–Crippen LogP) is 2.40. The maximum absolute atomic E-state index is 10.9. The van der Waals surface area contributed by atoms with Gasteiger partial charge in [0.2, 0.25) is 0 Å². The number of rotatable bonds is 6. The number of hydrogen-bond donors (Lipinski definition) is 1. The van der Waals surface area contributed by atoms with Gasteiger partial charge in [-0.2, -0.15) is 0 Å². The molecule has 0 saturated carbocycles. The molecule has 0 aliphatic rings. The zero-order valence-corrected chi connectivity index (χ0v) is 9.95. The van der Waals surface area contributed by atoms with E-state index in [1.54, 1.807) is 22.9 Å². The van der Waals surface area contributed by atoms with Crippen LogP contribution in [-0.2, 0) is 17.9 Å². The van der Waals surface area contributed by atoms with E-state index >= 15 is 0 Å². The van der Waals surface area contributed by atoms with Crippen molar-refractivity contribution in [3.05, 3.63) is 59.9 Å². The maximum Gasteiger partial charge on any atom is 0.352 e. The molecule has 1 aromatic carbocycles. The van der Waals surface area contributed by atoms with Gasteiger partial charge in [0, 0.05) is 12.7 Å². The third-order valence-corrected chi connectivity index (χ3v) is 2.64. The lowest BCUT2D eigenvalue weighted by molar-refractivity contribution is 0.0678. The van der Waals surface area contributed by atoms with Crippen LogP contribution in [-0.4, -0.2) is 22.2 Å². The summed E-state index contributed by atoms with van der Waals surface area (Å²) in [4.78, 5) is 10.9. The number of carboxylic acid groups (broad SMARTS) is 1. The van der Waals surface area contributed by atoms with Crippen LogP contribution in [0.4, 0.5) is 0 Å². The van der Waals surface area contributed by atoms with Crippen LogP contribution >= 0.6 is 0 Å². The molecule has 2 rings (SSSR count). The summed E-state index contributed by atoms with van der Waals surface area (Å²) in [7, 11) is 0. The second kappa shape index (κ2) is 6.02. The minimum atomic E-state index is -0.914. The third-order valence-electron chi connectivity index (χ3n) is 2.64. The molecule has 1 heterocycles. The first-order valence-corrected chi connectivity index (χ1v) is 5.77. The topological polar surface area (TPSA) is 51.5 Å². The Kier molecular flexibility index (Phi) is 4.15. The van der Waals surface area contributed by atoms with E-state index in [1.807, 2.05) is 30.3 Å². The number of aromatic carboxylic acids is 1. The van der Waals surface area contributed by atoms with Crippen LogP contribution in [0.25, 0.3) is 0 Å². The number of carboxylic acids is 1. The van der Waals surface area contributed by atoms with E-state index in [0.717, 1.165) is 5.56 Å². The Morgan fingerprint density at radius 2 is 1.94 bits per heavy atom. The quantitative estimate of drug-likeness (QED) is 0.795. The summed E-state index contributed by atoms with van der Waals surface area (Å²) in [5.41, 5.74) is 1.40. The molecule has 1 aromatic heterocycles. The first-order valence-electron chi connectivity index (χ1n) is 5.77. The number of carbonyl (C=O) groups is 1. The van der Waals surface area contributed by atoms with Gasteiger partial charge in [0.05, 0.1) is 13.2 Å². The zero-order valence-electron chi connectivity index (χ0n) is 9.95. The fourth-order valence-corrected chi connectivity index (χ4v) is 1.73. The van der Waals surface area contributed by atoms with Gasteiger partial charge < -0.3 is 14.4 Å². The van der Waals surface area contributed by atoms with Crippen molar-refractivity contribution in [3.63, 3.8) is 0 Å². The number of ether oxygens (including phenoxy) is 1. The smallest absolute Gasteiger partial charge is 0.352 e. The summed E-state index contributed by atoms with van der Waals surface area (Å²) < 4.78 is 7.19. The van der Waals surface area contributed by atoms with Gasteiger partial charge in [-0.15, -0.1) is 0 Å². The molecular weight excluding hydrogens is 230 g/mol. The highest BCUT2D eigenvalue weighted by atomic mass is 16.5. The van der Waals surface area contributed by atoms with Gasteiger partial charge in [0.25, 0.3) is 0 Å². The van der Waals surface area contributed by atoms with E-state index in [0.29, 0.717) is 25.5 Å². The van der Waals surface area contributed by atoms with Gasteiger partial charge in [0.15, 0.2) is 0 Å². The predicted molar refractivity (Wildman–Crippen MR) is 67.5 cm³/mol. The van der Waals surface area contributed by atoms with Crippen LogP contribution in [0, 0.1) is 0 Å². The highest BCUT2D eigenvalue weighted by molar-refractivity contribution is 5.85. The Bertz CT molecular complexity index is 505. The van der Waals surface area contributed by atoms with Crippen molar-refractivity contribution in [2.24, 2.45) is 0 Å². The van der Waals surface area contributed by atoms with Gasteiger partial charge in [-0.1, -0.05) is 30.3 Å². The summed E-state index contributed by atoms with van der Waals surface area (Å²) in [5, 5.41) is 8.93. The minimum absolute atomic E-state index is 0.290. The molecule has 0 radical (unpaired) electrons. The Hall–Kier alpha value is -2.07. The van der Waals surface area contributed by atoms with Crippen molar-refractivity contribution in [3.8, 4) is 0 Å². The van der Waals surface area contributed by atoms with E-state index in [4.69, 9.17) is 9.84 Å². The van der Waals surface area contributed by atoms with Crippen molar-refractivity contribution in [2.45, 2.75) is 13.2 Å². The number of aromatic nitrogens is 1. The lowest BCUT2D eigenvalue weighted by atomic mass is 10.2. The molecule has 0 amide bonds. The van der Waals surface area contributed by atoms with E-state index in [2.05, 4.69) is 0 Å². The van der Waals surface area contributed by atoms with E-state index in [1.165, 1.54) is 0 Å². The van der Waals surface area contributed by atoms with Crippen LogP contribution in [0.5, 0.6) is 0 Å². The maximum atomic E-state index is 10.9. The molecule has 0 atom stereocenters. The second-order valence-corrected chi connectivity index (χ2v) is 3.93. The molecule has 0 spiro atoms. The lowest BCUT2D eigenvalue weighted by Gasteiger charge is -2.07. The standard InChI is InChI=1S/C14H15NO3/c16-14(17)13-7-4-8-15(13)9-10-18-11-12-5-2-1-3-6-12/h1-8H,9-11H2,(H,16,17). The van der Waals surface area contributed by atoms with Crippen molar-refractivity contribution in [1.29, 1.82) is 0 Å². The van der Waals surface area contributed by atoms with Crippen LogP contribution in [0.2, 0.25) is 0 Å². The van der Waals surface area contributed by atoms with Crippen LogP contribution in [0.15, 0.2) is 48.7 Å². The van der Waals surface area contributed by atoms with Crippen molar-refractivity contribution in [1.82, 2.24) is 4.57 Å². The molecule has 94 valence electrons. The number of benzene rings is 1. The molecule has 0 aliphatic carbocycles. The molecule has 0 bridgehead atoms. The molecule has 4 heteroatoms. The molecule has 0 saturated heterocycles. The summed E-state index contributed by atoms with van der Waals surface area (Å²) in [5.74, 6) is -0.914. The summed E-state index contributed by atoms with van der Waals surface area (Å²) in [6, 6.07) is 13.2. The summed E-state index contributed by atoms with van der Waals surface area (Å²) >= 11 is 0. The monoisotopic (exact) mass is 245 g/mol. The van der Waals surface area contributed by atoms with E-state index < -0.39 is 5.97 Å². The SMILES string of the molecule is O=C(O)c1cccn1CCOCc1ccccc1. The molecule has 0 unspecified atom stereocenters. The Morgan fingerprint density at radius 1 is 1.17 bits per heavy atom. The fraction of sp³-hybridized carbons (Fsp3) is 0.214. The molecular formula is C14H15NO3. The van der Waals surface area contributed by atoms with Gasteiger partial charge in [-0.25, -0.2) is 4.79 Å². The van der Waals surface area contributed by atoms with Gasteiger partial charge >= 0.3 is 5.97 Å². The molecule has 4 nitrogen and oxygen atoms in total. The van der Waals surface area contributed by atoms with E-state index in [9.17, 15) is 4.79 Å².